The molecule has 0 aliphatic heterocycles. The number of rotatable bonds is 8. The fraction of sp³-hybridized carbons (Fsp3) is 0.292. The number of halogens is 3. The van der Waals surface area contributed by atoms with Gasteiger partial charge in [0.05, 0.1) is 11.6 Å². The van der Waals surface area contributed by atoms with E-state index in [9.17, 15) is 8.78 Å². The van der Waals surface area contributed by atoms with Crippen molar-refractivity contribution in [2.75, 3.05) is 10.2 Å². The second-order valence-electron chi connectivity index (χ2n) is 7.97. The van der Waals surface area contributed by atoms with Crippen LogP contribution in [0.2, 0.25) is 0 Å². The summed E-state index contributed by atoms with van der Waals surface area (Å²) in [5.74, 6) is -3.17. The van der Waals surface area contributed by atoms with Crippen LogP contribution in [0, 0.1) is 17.1 Å². The predicted molar refractivity (Wildman–Crippen MR) is 116 cm³/mol. The van der Waals surface area contributed by atoms with Crippen molar-refractivity contribution in [3.8, 4) is 6.07 Å². The van der Waals surface area contributed by atoms with Crippen LogP contribution in [-0.4, -0.2) is 16.0 Å². The van der Waals surface area contributed by atoms with Crippen molar-refractivity contribution < 1.29 is 13.2 Å². The zero-order valence-electron chi connectivity index (χ0n) is 17.5. The lowest BCUT2D eigenvalue weighted by molar-refractivity contribution is 0.0174. The first-order valence-electron chi connectivity index (χ1n) is 10.3. The lowest BCUT2D eigenvalue weighted by Crippen LogP contribution is -2.27. The van der Waals surface area contributed by atoms with Crippen LogP contribution in [0.3, 0.4) is 0 Å². The lowest BCUT2D eigenvalue weighted by Gasteiger charge is -2.25. The van der Waals surface area contributed by atoms with Crippen LogP contribution in [0.5, 0.6) is 0 Å². The molecule has 1 aromatic heterocycles. The summed E-state index contributed by atoms with van der Waals surface area (Å²) < 4.78 is 42.3. The van der Waals surface area contributed by atoms with Crippen molar-refractivity contribution in [1.29, 1.82) is 5.26 Å². The highest BCUT2D eigenvalue weighted by Gasteiger charge is 2.33. The molecule has 5 nitrogen and oxygen atoms in total. The van der Waals surface area contributed by atoms with Gasteiger partial charge in [0.1, 0.15) is 6.33 Å². The number of anilines is 2. The van der Waals surface area contributed by atoms with Gasteiger partial charge in [0.25, 0.3) is 5.92 Å². The predicted octanol–water partition coefficient (Wildman–Crippen LogP) is 5.38. The molecule has 4 rings (SSSR count). The maximum atomic E-state index is 15.3. The molecule has 0 unspecified atom stereocenters. The van der Waals surface area contributed by atoms with Crippen molar-refractivity contribution in [2.45, 2.75) is 44.8 Å². The van der Waals surface area contributed by atoms with Gasteiger partial charge in [0.15, 0.2) is 11.6 Å². The van der Waals surface area contributed by atoms with Gasteiger partial charge in [-0.1, -0.05) is 36.4 Å². The average Bonchev–Trinajstić information content (AvgIpc) is 3.62. The highest BCUT2D eigenvalue weighted by molar-refractivity contribution is 5.53. The van der Waals surface area contributed by atoms with Crippen LogP contribution in [-0.2, 0) is 19.0 Å². The Morgan fingerprint density at radius 3 is 2.31 bits per heavy atom. The minimum atomic E-state index is -2.90. The first-order valence-corrected chi connectivity index (χ1v) is 10.3. The van der Waals surface area contributed by atoms with E-state index in [2.05, 4.69) is 21.4 Å². The van der Waals surface area contributed by atoms with E-state index in [1.165, 1.54) is 18.5 Å². The molecular weight excluding hydrogens is 415 g/mol. The van der Waals surface area contributed by atoms with Gasteiger partial charge in [-0.2, -0.15) is 9.65 Å². The fourth-order valence-electron chi connectivity index (χ4n) is 3.43. The van der Waals surface area contributed by atoms with Gasteiger partial charge < -0.3 is 10.2 Å². The van der Waals surface area contributed by atoms with E-state index in [1.807, 2.05) is 4.90 Å². The smallest absolute Gasteiger partial charge is 0.270 e. The molecule has 0 radical (unpaired) electrons. The highest BCUT2D eigenvalue weighted by Crippen LogP contribution is 2.35. The minimum absolute atomic E-state index is 0.0540. The molecule has 0 spiro atoms. The van der Waals surface area contributed by atoms with Crippen LogP contribution in [0.25, 0.3) is 0 Å². The Labute approximate surface area is 184 Å². The molecule has 1 heterocycles. The summed E-state index contributed by atoms with van der Waals surface area (Å²) in [6, 6.07) is 15.3. The molecule has 1 N–H and O–H groups in total. The number of hydrogen-bond donors (Lipinski definition) is 1. The maximum absolute atomic E-state index is 15.3. The van der Waals surface area contributed by atoms with Crippen molar-refractivity contribution in [2.24, 2.45) is 0 Å². The Bertz CT molecular complexity index is 1110. The number of nitriles is 1. The summed E-state index contributed by atoms with van der Waals surface area (Å²) in [6.45, 7) is 1.57. The van der Waals surface area contributed by atoms with Gasteiger partial charge >= 0.3 is 0 Å². The molecule has 0 saturated heterocycles. The Kier molecular flexibility index (Phi) is 5.99. The van der Waals surface area contributed by atoms with E-state index in [-0.39, 0.29) is 23.2 Å². The summed E-state index contributed by atoms with van der Waals surface area (Å²) in [7, 11) is 0. The number of alkyl halides is 2. The number of hydrogen-bond acceptors (Lipinski definition) is 5. The second-order valence-corrected chi connectivity index (χ2v) is 7.97. The Hall–Kier alpha value is -3.60. The van der Waals surface area contributed by atoms with Crippen LogP contribution >= 0.6 is 0 Å². The van der Waals surface area contributed by atoms with E-state index in [0.717, 1.165) is 30.9 Å². The fourth-order valence-corrected chi connectivity index (χ4v) is 3.43. The number of benzene rings is 2. The van der Waals surface area contributed by atoms with Gasteiger partial charge in [-0.05, 0) is 36.1 Å². The molecule has 1 aliphatic rings. The topological polar surface area (TPSA) is 64.8 Å². The summed E-state index contributed by atoms with van der Waals surface area (Å²) in [5.41, 5.74) is 2.19. The molecule has 3 aromatic rings. The van der Waals surface area contributed by atoms with Gasteiger partial charge in [-0.15, -0.1) is 0 Å². The van der Waals surface area contributed by atoms with Crippen molar-refractivity contribution in [3.05, 3.63) is 82.9 Å². The molecule has 1 saturated carbocycles. The van der Waals surface area contributed by atoms with Gasteiger partial charge in [-0.3, -0.25) is 0 Å². The zero-order valence-corrected chi connectivity index (χ0v) is 17.5. The molecular formula is C24H22F3N5. The van der Waals surface area contributed by atoms with E-state index in [4.69, 9.17) is 5.26 Å². The monoisotopic (exact) mass is 437 g/mol. The lowest BCUT2D eigenvalue weighted by atomic mass is 10.1. The van der Waals surface area contributed by atoms with Gasteiger partial charge in [0, 0.05) is 31.6 Å². The van der Waals surface area contributed by atoms with E-state index >= 15 is 4.39 Å². The van der Waals surface area contributed by atoms with Gasteiger partial charge in [-0.25, -0.2) is 18.7 Å². The van der Waals surface area contributed by atoms with Crippen molar-refractivity contribution in [3.63, 3.8) is 0 Å². The van der Waals surface area contributed by atoms with E-state index < -0.39 is 11.7 Å². The quantitative estimate of drug-likeness (QED) is 0.513. The first kappa shape index (κ1) is 21.6. The molecule has 1 fully saturated rings. The molecule has 0 atom stereocenters. The molecule has 8 heteroatoms. The summed E-state index contributed by atoms with van der Waals surface area (Å²) >= 11 is 0. The summed E-state index contributed by atoms with van der Waals surface area (Å²) in [5, 5.41) is 11.9. The van der Waals surface area contributed by atoms with Crippen LogP contribution in [0.4, 0.5) is 24.8 Å². The average molecular weight is 437 g/mol. The summed E-state index contributed by atoms with van der Waals surface area (Å²) in [4.78, 5) is 10.1. The molecule has 0 amide bonds. The SMILES string of the molecule is CC(F)(F)c1ccc(CN(c2ncnc(NCc3ccc(C#N)cc3)c2F)C2CC2)cc1. The molecule has 2 aromatic carbocycles. The summed E-state index contributed by atoms with van der Waals surface area (Å²) in [6.07, 6.45) is 3.15. The minimum Gasteiger partial charge on any atom is -0.363 e. The van der Waals surface area contributed by atoms with Gasteiger partial charge in [0.2, 0.25) is 5.82 Å². The molecule has 164 valence electrons. The molecule has 0 bridgehead atoms. The first-order chi connectivity index (χ1) is 15.3. The Morgan fingerprint density at radius 1 is 1.06 bits per heavy atom. The van der Waals surface area contributed by atoms with Crippen LogP contribution in [0.1, 0.15) is 42.0 Å². The molecule has 32 heavy (non-hydrogen) atoms. The molecule has 1 aliphatic carbocycles. The normalized spacial score (nSPS) is 13.5. The third-order valence-electron chi connectivity index (χ3n) is 5.39. The third-order valence-corrected chi connectivity index (χ3v) is 5.39. The Morgan fingerprint density at radius 2 is 1.72 bits per heavy atom. The standard InChI is InChI=1S/C24H22F3N5/c1-24(26,27)19-8-6-18(7-9-19)14-32(20-10-11-20)23-21(25)22(30-15-31-23)29-13-17-4-2-16(12-28)3-5-17/h2-9,15,20H,10-11,13-14H2,1H3,(H,29,30,31). The third kappa shape index (κ3) is 4.99. The maximum Gasteiger partial charge on any atom is 0.270 e. The van der Waals surface area contributed by atoms with Crippen LogP contribution < -0.4 is 10.2 Å². The zero-order chi connectivity index (χ0) is 22.7. The number of aromatic nitrogens is 2. The highest BCUT2D eigenvalue weighted by atomic mass is 19.3. The van der Waals surface area contributed by atoms with E-state index in [0.29, 0.717) is 18.7 Å². The Balaban J connectivity index is 1.51. The van der Waals surface area contributed by atoms with E-state index in [1.54, 1.807) is 36.4 Å². The largest absolute Gasteiger partial charge is 0.363 e. The van der Waals surface area contributed by atoms with Crippen molar-refractivity contribution >= 4 is 11.6 Å². The number of nitrogens with zero attached hydrogens (tertiary/aromatic N) is 4. The second kappa shape index (κ2) is 8.87. The van der Waals surface area contributed by atoms with Crippen LogP contribution in [0.15, 0.2) is 54.9 Å². The van der Waals surface area contributed by atoms with Crippen molar-refractivity contribution in [1.82, 2.24) is 9.97 Å². The number of nitrogens with one attached hydrogen (secondary N) is 1.